The monoisotopic (exact) mass is 414 g/mol. The number of benzene rings is 2. The van der Waals surface area contributed by atoms with Crippen LogP contribution in [0.4, 0.5) is 5.69 Å². The second kappa shape index (κ2) is 9.88. The Kier molecular flexibility index (Phi) is 6.78. The van der Waals surface area contributed by atoms with Gasteiger partial charge < -0.3 is 10.1 Å². The first-order chi connectivity index (χ1) is 14.6. The molecule has 0 radical (unpaired) electrons. The van der Waals surface area contributed by atoms with Crippen molar-refractivity contribution in [2.24, 2.45) is 0 Å². The summed E-state index contributed by atoms with van der Waals surface area (Å²) < 4.78 is 5.86. The molecule has 2 aromatic carbocycles. The highest BCUT2D eigenvalue weighted by Gasteiger charge is 2.12. The average Bonchev–Trinajstić information content (AvgIpc) is 2.77. The lowest BCUT2D eigenvalue weighted by atomic mass is 10.1. The molecule has 0 aliphatic rings. The molecule has 1 aromatic heterocycles. The lowest BCUT2D eigenvalue weighted by Gasteiger charge is -2.11. The molecule has 0 atom stereocenters. The minimum atomic E-state index is -0.566. The van der Waals surface area contributed by atoms with Crippen LogP contribution in [-0.4, -0.2) is 10.9 Å². The number of carbonyl (C=O) groups excluding carboxylic acids is 1. The maximum atomic E-state index is 12.5. The van der Waals surface area contributed by atoms with Crippen molar-refractivity contribution in [3.05, 3.63) is 94.3 Å². The fourth-order valence-electron chi connectivity index (χ4n) is 2.54. The number of nitrogens with zero attached hydrogens (tertiary/aromatic N) is 3. The molecule has 6 nitrogen and oxygen atoms in total. The molecule has 0 saturated carbocycles. The van der Waals surface area contributed by atoms with Crippen molar-refractivity contribution in [2.45, 2.75) is 6.61 Å². The highest BCUT2D eigenvalue weighted by Crippen LogP contribution is 2.26. The van der Waals surface area contributed by atoms with Crippen LogP contribution in [0.25, 0.3) is 6.08 Å². The van der Waals surface area contributed by atoms with Gasteiger partial charge in [-0.05, 0) is 54.1 Å². The van der Waals surface area contributed by atoms with Crippen molar-refractivity contribution in [1.29, 1.82) is 10.5 Å². The lowest BCUT2D eigenvalue weighted by molar-refractivity contribution is -0.112. The van der Waals surface area contributed by atoms with E-state index in [0.29, 0.717) is 27.6 Å². The Morgan fingerprint density at radius 2 is 1.97 bits per heavy atom. The van der Waals surface area contributed by atoms with Gasteiger partial charge in [0.1, 0.15) is 24.0 Å². The molecule has 1 heterocycles. The molecule has 0 aliphatic heterocycles. The second-order valence-corrected chi connectivity index (χ2v) is 6.58. The van der Waals surface area contributed by atoms with Gasteiger partial charge >= 0.3 is 0 Å². The maximum absolute atomic E-state index is 12.5. The second-order valence-electron chi connectivity index (χ2n) is 6.15. The quantitative estimate of drug-likeness (QED) is 0.464. The van der Waals surface area contributed by atoms with Gasteiger partial charge in [-0.1, -0.05) is 23.7 Å². The van der Waals surface area contributed by atoms with Crippen molar-refractivity contribution < 1.29 is 9.53 Å². The van der Waals surface area contributed by atoms with Crippen LogP contribution < -0.4 is 10.1 Å². The summed E-state index contributed by atoms with van der Waals surface area (Å²) in [5, 5.41) is 21.4. The topological polar surface area (TPSA) is 98.8 Å². The number of amides is 1. The van der Waals surface area contributed by atoms with E-state index in [2.05, 4.69) is 16.4 Å². The first kappa shape index (κ1) is 20.6. The van der Waals surface area contributed by atoms with Gasteiger partial charge in [0.25, 0.3) is 5.91 Å². The maximum Gasteiger partial charge on any atom is 0.266 e. The molecule has 0 unspecified atom stereocenters. The normalized spacial score (nSPS) is 10.6. The lowest BCUT2D eigenvalue weighted by Crippen LogP contribution is -2.13. The Bertz CT molecular complexity index is 1160. The van der Waals surface area contributed by atoms with Gasteiger partial charge in [0.05, 0.1) is 23.5 Å². The summed E-state index contributed by atoms with van der Waals surface area (Å²) in [6.07, 6.45) is 4.49. The summed E-state index contributed by atoms with van der Waals surface area (Å²) in [6, 6.07) is 19.3. The third kappa shape index (κ3) is 5.45. The van der Waals surface area contributed by atoms with Crippen LogP contribution in [0.3, 0.4) is 0 Å². The van der Waals surface area contributed by atoms with Crippen LogP contribution in [-0.2, 0) is 11.4 Å². The predicted molar refractivity (Wildman–Crippen MR) is 113 cm³/mol. The van der Waals surface area contributed by atoms with Gasteiger partial charge in [-0.3, -0.25) is 9.78 Å². The Balaban J connectivity index is 1.81. The van der Waals surface area contributed by atoms with Crippen molar-refractivity contribution in [2.75, 3.05) is 5.32 Å². The summed E-state index contributed by atoms with van der Waals surface area (Å²) in [5.41, 5.74) is 2.30. The van der Waals surface area contributed by atoms with E-state index >= 15 is 0 Å². The molecule has 3 aromatic rings. The zero-order valence-corrected chi connectivity index (χ0v) is 16.4. The number of nitriles is 2. The van der Waals surface area contributed by atoms with Crippen LogP contribution in [0, 0.1) is 22.7 Å². The minimum Gasteiger partial charge on any atom is -0.488 e. The number of nitrogens with one attached hydrogen (secondary N) is 1. The van der Waals surface area contributed by atoms with Gasteiger partial charge in [-0.15, -0.1) is 0 Å². The van der Waals surface area contributed by atoms with Crippen molar-refractivity contribution in [3.63, 3.8) is 0 Å². The van der Waals surface area contributed by atoms with Crippen LogP contribution in [0.2, 0.25) is 5.02 Å². The Labute approximate surface area is 178 Å². The fourth-order valence-corrected chi connectivity index (χ4v) is 2.72. The predicted octanol–water partition coefficient (Wildman–Crippen LogP) is 4.73. The minimum absolute atomic E-state index is 0.107. The number of carbonyl (C=O) groups is 1. The Morgan fingerprint density at radius 3 is 2.63 bits per heavy atom. The van der Waals surface area contributed by atoms with E-state index in [1.54, 1.807) is 60.8 Å². The van der Waals surface area contributed by atoms with E-state index in [-0.39, 0.29) is 12.2 Å². The molecule has 0 saturated heterocycles. The molecule has 1 amide bonds. The van der Waals surface area contributed by atoms with E-state index < -0.39 is 5.91 Å². The van der Waals surface area contributed by atoms with Gasteiger partial charge in [-0.2, -0.15) is 10.5 Å². The molecule has 0 spiro atoms. The van der Waals surface area contributed by atoms with Gasteiger partial charge in [0, 0.05) is 16.8 Å². The van der Waals surface area contributed by atoms with E-state index in [0.717, 1.165) is 5.56 Å². The number of hydrogen-bond donors (Lipinski definition) is 1. The van der Waals surface area contributed by atoms with Crippen molar-refractivity contribution in [3.8, 4) is 17.9 Å². The zero-order valence-electron chi connectivity index (χ0n) is 15.7. The first-order valence-electron chi connectivity index (χ1n) is 8.83. The molecule has 1 N–H and O–H groups in total. The van der Waals surface area contributed by atoms with Crippen molar-refractivity contribution >= 4 is 29.3 Å². The first-order valence-corrected chi connectivity index (χ1v) is 9.21. The number of aromatic nitrogens is 1. The summed E-state index contributed by atoms with van der Waals surface area (Å²) >= 11 is 6.10. The van der Waals surface area contributed by atoms with E-state index in [1.165, 1.54) is 12.3 Å². The SMILES string of the molecule is N#C/C(=C\c1cc(Cl)ccc1OCc1ccc(C#N)cc1)C(=O)Nc1cccnc1. The van der Waals surface area contributed by atoms with Gasteiger partial charge in [0.15, 0.2) is 0 Å². The molecule has 3 rings (SSSR count). The number of halogens is 1. The molecule has 0 aliphatic carbocycles. The van der Waals surface area contributed by atoms with Crippen LogP contribution in [0.15, 0.2) is 72.6 Å². The molecular formula is C23H15ClN4O2. The number of rotatable bonds is 6. The third-order valence-corrected chi connectivity index (χ3v) is 4.27. The zero-order chi connectivity index (χ0) is 21.3. The van der Waals surface area contributed by atoms with E-state index in [4.69, 9.17) is 21.6 Å². The summed E-state index contributed by atoms with van der Waals surface area (Å²) in [5.74, 6) is -0.103. The average molecular weight is 415 g/mol. The summed E-state index contributed by atoms with van der Waals surface area (Å²) in [6.45, 7) is 0.248. The van der Waals surface area contributed by atoms with E-state index in [9.17, 15) is 10.1 Å². The third-order valence-electron chi connectivity index (χ3n) is 4.03. The highest BCUT2D eigenvalue weighted by molar-refractivity contribution is 6.30. The summed E-state index contributed by atoms with van der Waals surface area (Å²) in [4.78, 5) is 16.4. The van der Waals surface area contributed by atoms with Crippen LogP contribution in [0.1, 0.15) is 16.7 Å². The molecule has 0 bridgehead atoms. The molecule has 7 heteroatoms. The number of hydrogen-bond acceptors (Lipinski definition) is 5. The molecule has 146 valence electrons. The van der Waals surface area contributed by atoms with Crippen LogP contribution >= 0.6 is 11.6 Å². The fraction of sp³-hybridized carbons (Fsp3) is 0.0435. The molecule has 30 heavy (non-hydrogen) atoms. The van der Waals surface area contributed by atoms with Gasteiger partial charge in [0.2, 0.25) is 0 Å². The Hall–Kier alpha value is -4.13. The van der Waals surface area contributed by atoms with E-state index in [1.807, 2.05) is 6.07 Å². The largest absolute Gasteiger partial charge is 0.488 e. The highest BCUT2D eigenvalue weighted by atomic mass is 35.5. The van der Waals surface area contributed by atoms with Crippen molar-refractivity contribution in [1.82, 2.24) is 4.98 Å². The summed E-state index contributed by atoms with van der Waals surface area (Å²) in [7, 11) is 0. The number of pyridine rings is 1. The number of ether oxygens (including phenoxy) is 1. The molecule has 0 fully saturated rings. The van der Waals surface area contributed by atoms with Gasteiger partial charge in [-0.25, -0.2) is 0 Å². The Morgan fingerprint density at radius 1 is 1.17 bits per heavy atom. The molecular weight excluding hydrogens is 400 g/mol. The standard InChI is InChI=1S/C23H15ClN4O2/c24-20-7-8-22(30-15-17-5-3-16(12-25)4-6-17)18(11-20)10-19(13-26)23(29)28-21-2-1-9-27-14-21/h1-11,14H,15H2,(H,28,29)/b19-10+. The smallest absolute Gasteiger partial charge is 0.266 e. The number of anilines is 1. The van der Waals surface area contributed by atoms with Crippen LogP contribution in [0.5, 0.6) is 5.75 Å².